The molecule has 0 saturated carbocycles. The second-order valence-corrected chi connectivity index (χ2v) is 4.75. The summed E-state index contributed by atoms with van der Waals surface area (Å²) in [6, 6.07) is 4.24. The Morgan fingerprint density at radius 2 is 2.17 bits per heavy atom. The number of aromatic nitrogens is 3. The van der Waals surface area contributed by atoms with Crippen LogP contribution in [0.25, 0.3) is 0 Å². The first-order valence-electron chi connectivity index (χ1n) is 6.77. The van der Waals surface area contributed by atoms with E-state index in [2.05, 4.69) is 20.1 Å². The number of hydrogen-bond acceptors (Lipinski definition) is 4. The van der Waals surface area contributed by atoms with E-state index in [9.17, 15) is 18.0 Å². The van der Waals surface area contributed by atoms with E-state index in [0.29, 0.717) is 5.56 Å². The fourth-order valence-electron chi connectivity index (χ4n) is 1.80. The van der Waals surface area contributed by atoms with E-state index in [4.69, 9.17) is 0 Å². The van der Waals surface area contributed by atoms with Crippen LogP contribution in [0.15, 0.2) is 36.8 Å². The second-order valence-electron chi connectivity index (χ2n) is 4.75. The zero-order chi connectivity index (χ0) is 16.9. The van der Waals surface area contributed by atoms with Crippen LogP contribution in [0.2, 0.25) is 0 Å². The number of nitrogens with one attached hydrogen (secondary N) is 1. The first-order valence-corrected chi connectivity index (χ1v) is 6.77. The molecule has 23 heavy (non-hydrogen) atoms. The van der Waals surface area contributed by atoms with Gasteiger partial charge in [-0.15, -0.1) is 0 Å². The Kier molecular flexibility index (Phi) is 5.20. The lowest BCUT2D eigenvalue weighted by Crippen LogP contribution is -2.31. The fraction of sp³-hybridized carbons (Fsp3) is 0.357. The largest absolute Gasteiger partial charge is 0.468 e. The van der Waals surface area contributed by atoms with Crippen LogP contribution in [0.4, 0.5) is 13.2 Å². The lowest BCUT2D eigenvalue weighted by Gasteiger charge is -2.15. The molecule has 0 radical (unpaired) electrons. The number of ether oxygens (including phenoxy) is 1. The van der Waals surface area contributed by atoms with E-state index in [1.54, 1.807) is 31.5 Å². The van der Waals surface area contributed by atoms with Gasteiger partial charge in [-0.2, -0.15) is 18.3 Å². The average Bonchev–Trinajstić information content (AvgIpc) is 3.04. The van der Waals surface area contributed by atoms with Crippen LogP contribution in [-0.2, 0) is 11.3 Å². The minimum absolute atomic E-state index is 0.00543. The third-order valence-electron chi connectivity index (χ3n) is 2.98. The number of carbonyl (C=O) groups is 1. The molecule has 2 rings (SSSR count). The van der Waals surface area contributed by atoms with Crippen molar-refractivity contribution in [2.24, 2.45) is 0 Å². The average molecular weight is 328 g/mol. The van der Waals surface area contributed by atoms with Crippen molar-refractivity contribution in [3.63, 3.8) is 0 Å². The highest BCUT2D eigenvalue weighted by atomic mass is 19.4. The summed E-state index contributed by atoms with van der Waals surface area (Å²) in [5.41, 5.74) is 0.359. The van der Waals surface area contributed by atoms with Crippen LogP contribution < -0.4 is 10.1 Å². The van der Waals surface area contributed by atoms with Crippen LogP contribution in [0, 0.1) is 0 Å². The minimum Gasteiger partial charge on any atom is -0.468 e. The molecule has 1 N–H and O–H groups in total. The van der Waals surface area contributed by atoms with E-state index < -0.39 is 18.8 Å². The summed E-state index contributed by atoms with van der Waals surface area (Å²) in [6.45, 7) is 0.229. The van der Waals surface area contributed by atoms with Gasteiger partial charge in [-0.3, -0.25) is 9.48 Å². The van der Waals surface area contributed by atoms with E-state index in [-0.39, 0.29) is 18.3 Å². The molecule has 2 aromatic rings. The monoisotopic (exact) mass is 328 g/mol. The van der Waals surface area contributed by atoms with Gasteiger partial charge in [-0.25, -0.2) is 4.98 Å². The summed E-state index contributed by atoms with van der Waals surface area (Å²) in [5.74, 6) is -0.476. The predicted octanol–water partition coefficient (Wildman–Crippen LogP) is 2.10. The first-order chi connectivity index (χ1) is 10.9. The molecule has 0 bridgehead atoms. The fourth-order valence-corrected chi connectivity index (χ4v) is 1.80. The Hall–Kier alpha value is -2.58. The Morgan fingerprint density at radius 3 is 2.83 bits per heavy atom. The summed E-state index contributed by atoms with van der Waals surface area (Å²) >= 11 is 0. The van der Waals surface area contributed by atoms with Crippen molar-refractivity contribution < 1.29 is 22.7 Å². The Bertz CT molecular complexity index is 644. The number of carbonyl (C=O) groups excluding carboxylic acids is 1. The number of hydrogen-bond donors (Lipinski definition) is 1. The highest BCUT2D eigenvalue weighted by Crippen LogP contribution is 2.20. The molecule has 0 unspecified atom stereocenters. The van der Waals surface area contributed by atoms with Crippen LogP contribution in [0.5, 0.6) is 5.88 Å². The standard InChI is InChI=1S/C14H15F3N4O2/c1-10(21-7-3-6-20-21)12(22)19-8-11-4-2-5-18-13(11)23-9-14(15,16)17/h2-7,10H,8-9H2,1H3,(H,19,22)/t10-/m0/s1. The summed E-state index contributed by atoms with van der Waals surface area (Å²) < 4.78 is 42.8. The van der Waals surface area contributed by atoms with Gasteiger partial charge in [0, 0.05) is 30.7 Å². The molecule has 6 nitrogen and oxygen atoms in total. The Balaban J connectivity index is 1.96. The van der Waals surface area contributed by atoms with Gasteiger partial charge in [0.2, 0.25) is 11.8 Å². The van der Waals surface area contributed by atoms with Crippen molar-refractivity contribution in [2.75, 3.05) is 6.61 Å². The number of pyridine rings is 1. The van der Waals surface area contributed by atoms with Crippen molar-refractivity contribution in [2.45, 2.75) is 25.7 Å². The molecule has 2 heterocycles. The first kappa shape index (κ1) is 16.8. The number of amides is 1. The second kappa shape index (κ2) is 7.12. The van der Waals surface area contributed by atoms with Crippen molar-refractivity contribution in [3.05, 3.63) is 42.4 Å². The number of rotatable bonds is 6. The third-order valence-corrected chi connectivity index (χ3v) is 2.98. The normalized spacial score (nSPS) is 12.7. The van der Waals surface area contributed by atoms with Gasteiger partial charge in [0.25, 0.3) is 0 Å². The minimum atomic E-state index is -4.45. The van der Waals surface area contributed by atoms with Crippen molar-refractivity contribution >= 4 is 5.91 Å². The summed E-state index contributed by atoms with van der Waals surface area (Å²) in [7, 11) is 0. The van der Waals surface area contributed by atoms with E-state index in [1.165, 1.54) is 16.9 Å². The van der Waals surface area contributed by atoms with Gasteiger partial charge >= 0.3 is 6.18 Å². The summed E-state index contributed by atoms with van der Waals surface area (Å²) in [6.07, 6.45) is 0.0657. The molecule has 0 aromatic carbocycles. The number of halogens is 3. The molecule has 1 atom stereocenters. The Labute approximate surface area is 130 Å². The molecule has 0 aliphatic heterocycles. The molecule has 9 heteroatoms. The quantitative estimate of drug-likeness (QED) is 0.882. The van der Waals surface area contributed by atoms with Crippen LogP contribution in [0.1, 0.15) is 18.5 Å². The van der Waals surface area contributed by atoms with E-state index in [0.717, 1.165) is 0 Å². The maximum Gasteiger partial charge on any atom is 0.422 e. The maximum atomic E-state index is 12.2. The van der Waals surface area contributed by atoms with Crippen LogP contribution >= 0.6 is 0 Å². The molecule has 124 valence electrons. The van der Waals surface area contributed by atoms with Crippen molar-refractivity contribution in [1.29, 1.82) is 0 Å². The molecule has 0 fully saturated rings. The predicted molar refractivity (Wildman–Crippen MR) is 74.6 cm³/mol. The van der Waals surface area contributed by atoms with Gasteiger partial charge in [0.15, 0.2) is 6.61 Å². The molecule has 2 aromatic heterocycles. The van der Waals surface area contributed by atoms with Gasteiger partial charge in [0.05, 0.1) is 0 Å². The number of nitrogens with zero attached hydrogens (tertiary/aromatic N) is 3. The van der Waals surface area contributed by atoms with E-state index in [1.807, 2.05) is 0 Å². The van der Waals surface area contributed by atoms with Gasteiger partial charge < -0.3 is 10.1 Å². The molecule has 0 saturated heterocycles. The molecular weight excluding hydrogens is 313 g/mol. The highest BCUT2D eigenvalue weighted by Gasteiger charge is 2.29. The molecular formula is C14H15F3N4O2. The zero-order valence-electron chi connectivity index (χ0n) is 12.2. The van der Waals surface area contributed by atoms with Gasteiger partial charge in [0.1, 0.15) is 6.04 Å². The topological polar surface area (TPSA) is 69.0 Å². The third kappa shape index (κ3) is 4.97. The van der Waals surface area contributed by atoms with Crippen molar-refractivity contribution in [3.8, 4) is 5.88 Å². The number of alkyl halides is 3. The SMILES string of the molecule is C[C@@H](C(=O)NCc1cccnc1OCC(F)(F)F)n1cccn1. The summed E-state index contributed by atoms with van der Waals surface area (Å²) in [4.78, 5) is 15.8. The van der Waals surface area contributed by atoms with Crippen LogP contribution in [-0.4, -0.2) is 33.5 Å². The Morgan fingerprint density at radius 1 is 1.39 bits per heavy atom. The van der Waals surface area contributed by atoms with Crippen LogP contribution in [0.3, 0.4) is 0 Å². The highest BCUT2D eigenvalue weighted by molar-refractivity contribution is 5.79. The van der Waals surface area contributed by atoms with Crippen molar-refractivity contribution in [1.82, 2.24) is 20.1 Å². The van der Waals surface area contributed by atoms with Gasteiger partial charge in [-0.1, -0.05) is 6.07 Å². The molecule has 0 spiro atoms. The maximum absolute atomic E-state index is 12.2. The lowest BCUT2D eigenvalue weighted by atomic mass is 10.2. The smallest absolute Gasteiger partial charge is 0.422 e. The zero-order valence-corrected chi connectivity index (χ0v) is 12.2. The lowest BCUT2D eigenvalue weighted by molar-refractivity contribution is -0.154. The van der Waals surface area contributed by atoms with Gasteiger partial charge in [-0.05, 0) is 19.1 Å². The molecule has 0 aliphatic rings. The molecule has 1 amide bonds. The van der Waals surface area contributed by atoms with E-state index >= 15 is 0 Å². The summed E-state index contributed by atoms with van der Waals surface area (Å²) in [5, 5.41) is 6.58. The molecule has 0 aliphatic carbocycles.